The van der Waals surface area contributed by atoms with Crippen LogP contribution >= 0.6 is 15.9 Å². The zero-order valence-electron chi connectivity index (χ0n) is 7.12. The van der Waals surface area contributed by atoms with E-state index < -0.39 is 0 Å². The molecular weight excluding hydrogens is 248 g/mol. The Labute approximate surface area is 89.1 Å². The van der Waals surface area contributed by atoms with E-state index in [1.54, 1.807) is 0 Å². The first kappa shape index (κ1) is 10.5. The summed E-state index contributed by atoms with van der Waals surface area (Å²) in [6.07, 6.45) is 0. The molecule has 1 aromatic carbocycles. The molecule has 72 valence electrons. The molecule has 0 fully saturated rings. The average Bonchev–Trinajstić information content (AvgIpc) is 2.20. The predicted octanol–water partition coefficient (Wildman–Crippen LogP) is 1.42. The van der Waals surface area contributed by atoms with Crippen molar-refractivity contribution in [3.63, 3.8) is 0 Å². The maximum absolute atomic E-state index is 11.3. The van der Waals surface area contributed by atoms with Crippen LogP contribution in [0.25, 0.3) is 0 Å². The lowest BCUT2D eigenvalue weighted by atomic mass is 10.1. The highest BCUT2D eigenvalue weighted by Crippen LogP contribution is 2.26. The topological polar surface area (TPSA) is 87.1 Å². The van der Waals surface area contributed by atoms with Crippen LogP contribution in [0.4, 0.5) is 5.69 Å². The summed E-state index contributed by atoms with van der Waals surface area (Å²) in [5.41, 5.74) is 5.86. The van der Waals surface area contributed by atoms with Crippen molar-refractivity contribution in [2.45, 2.75) is 0 Å². The number of phenolic OH excluding ortho intramolecular Hbond substituents is 1. The first-order valence-electron chi connectivity index (χ1n) is 3.72. The van der Waals surface area contributed by atoms with Gasteiger partial charge in [-0.05, 0) is 12.1 Å². The smallest absolute Gasteiger partial charge is 0.175 e. The molecule has 0 aliphatic carbocycles. The molecule has 1 rings (SSSR count). The third-order valence-corrected chi connectivity index (χ3v) is 2.22. The number of nitriles is 1. The zero-order chi connectivity index (χ0) is 10.7. The number of alkyl halides is 1. The number of nitrogens with two attached hydrogens (primary N) is 1. The molecule has 5 heteroatoms. The average molecular weight is 255 g/mol. The Bertz CT molecular complexity index is 424. The number of anilines is 1. The molecule has 4 nitrogen and oxygen atoms in total. The van der Waals surface area contributed by atoms with E-state index >= 15 is 0 Å². The predicted molar refractivity (Wildman–Crippen MR) is 55.4 cm³/mol. The van der Waals surface area contributed by atoms with E-state index in [-0.39, 0.29) is 33.7 Å². The number of nitrogens with zero attached hydrogens (tertiary/aromatic N) is 1. The van der Waals surface area contributed by atoms with Gasteiger partial charge in [-0.1, -0.05) is 15.9 Å². The summed E-state index contributed by atoms with van der Waals surface area (Å²) < 4.78 is 0. The van der Waals surface area contributed by atoms with Crippen molar-refractivity contribution in [3.8, 4) is 11.8 Å². The van der Waals surface area contributed by atoms with Crippen molar-refractivity contribution in [1.82, 2.24) is 0 Å². The van der Waals surface area contributed by atoms with Crippen LogP contribution in [0.1, 0.15) is 15.9 Å². The van der Waals surface area contributed by atoms with Gasteiger partial charge in [0, 0.05) is 5.56 Å². The second-order valence-electron chi connectivity index (χ2n) is 2.63. The number of phenols is 1. The molecule has 0 amide bonds. The molecule has 0 aliphatic rings. The number of hydrogen-bond donors (Lipinski definition) is 2. The van der Waals surface area contributed by atoms with E-state index in [1.807, 2.05) is 6.07 Å². The first-order valence-corrected chi connectivity index (χ1v) is 4.84. The van der Waals surface area contributed by atoms with Gasteiger partial charge < -0.3 is 10.8 Å². The summed E-state index contributed by atoms with van der Waals surface area (Å²) in [5.74, 6) is -0.511. The quantitative estimate of drug-likeness (QED) is 0.362. The van der Waals surface area contributed by atoms with Gasteiger partial charge in [0.2, 0.25) is 0 Å². The summed E-state index contributed by atoms with van der Waals surface area (Å²) in [6, 6.07) is 4.41. The van der Waals surface area contributed by atoms with Gasteiger partial charge in [-0.15, -0.1) is 0 Å². The normalized spacial score (nSPS) is 9.43. The number of carbonyl (C=O) groups excluding carboxylic acids is 1. The molecule has 0 aliphatic heterocycles. The highest BCUT2D eigenvalue weighted by molar-refractivity contribution is 9.09. The molecule has 0 heterocycles. The molecule has 0 saturated heterocycles. The summed E-state index contributed by atoms with van der Waals surface area (Å²) >= 11 is 2.99. The molecular formula is C9H7BrN2O2. The molecule has 3 N–H and O–H groups in total. The van der Waals surface area contributed by atoms with Crippen LogP contribution in [0.15, 0.2) is 12.1 Å². The minimum Gasteiger partial charge on any atom is -0.506 e. The Hall–Kier alpha value is -1.54. The van der Waals surface area contributed by atoms with Gasteiger partial charge in [0.15, 0.2) is 5.78 Å². The number of carbonyl (C=O) groups is 1. The van der Waals surface area contributed by atoms with E-state index in [9.17, 15) is 9.90 Å². The number of benzene rings is 1. The Morgan fingerprint density at radius 1 is 1.64 bits per heavy atom. The van der Waals surface area contributed by atoms with Gasteiger partial charge in [0.05, 0.1) is 22.7 Å². The summed E-state index contributed by atoms with van der Waals surface area (Å²) in [4.78, 5) is 11.3. The number of ketones is 1. The van der Waals surface area contributed by atoms with Gasteiger partial charge in [-0.2, -0.15) is 5.26 Å². The van der Waals surface area contributed by atoms with Crippen LogP contribution in [0.5, 0.6) is 5.75 Å². The van der Waals surface area contributed by atoms with Crippen molar-refractivity contribution in [3.05, 3.63) is 23.3 Å². The highest BCUT2D eigenvalue weighted by Gasteiger charge is 2.13. The zero-order valence-corrected chi connectivity index (χ0v) is 8.71. The van der Waals surface area contributed by atoms with E-state index in [2.05, 4.69) is 15.9 Å². The van der Waals surface area contributed by atoms with Crippen LogP contribution in [0.3, 0.4) is 0 Å². The standard InChI is InChI=1S/C9H7BrN2O2/c10-3-8(14)6-1-5(4-11)2-7(13)9(6)12/h1-2,13H,3,12H2. The maximum Gasteiger partial charge on any atom is 0.175 e. The molecule has 0 radical (unpaired) electrons. The Kier molecular flexibility index (Phi) is 3.10. The minimum atomic E-state index is -0.269. The number of aromatic hydroxyl groups is 1. The lowest BCUT2D eigenvalue weighted by Crippen LogP contribution is -2.05. The monoisotopic (exact) mass is 254 g/mol. The van der Waals surface area contributed by atoms with E-state index in [1.165, 1.54) is 12.1 Å². The second-order valence-corrected chi connectivity index (χ2v) is 3.19. The van der Waals surface area contributed by atoms with Gasteiger partial charge in [0.25, 0.3) is 0 Å². The SMILES string of the molecule is N#Cc1cc(O)c(N)c(C(=O)CBr)c1. The fourth-order valence-corrected chi connectivity index (χ4v) is 1.31. The van der Waals surface area contributed by atoms with E-state index in [4.69, 9.17) is 11.0 Å². The third kappa shape index (κ3) is 1.86. The number of nitrogen functional groups attached to an aromatic ring is 1. The van der Waals surface area contributed by atoms with E-state index in [0.717, 1.165) is 0 Å². The van der Waals surface area contributed by atoms with Crippen molar-refractivity contribution in [2.24, 2.45) is 0 Å². The Morgan fingerprint density at radius 2 is 2.29 bits per heavy atom. The second kappa shape index (κ2) is 4.11. The number of rotatable bonds is 2. The van der Waals surface area contributed by atoms with Gasteiger partial charge >= 0.3 is 0 Å². The molecule has 0 bridgehead atoms. The molecule has 0 saturated carbocycles. The summed E-state index contributed by atoms with van der Waals surface area (Å²) in [6.45, 7) is 0. The van der Waals surface area contributed by atoms with E-state index in [0.29, 0.717) is 0 Å². The number of hydrogen-bond acceptors (Lipinski definition) is 4. The van der Waals surface area contributed by atoms with Gasteiger partial charge in [0.1, 0.15) is 5.75 Å². The summed E-state index contributed by atoms with van der Waals surface area (Å²) in [5, 5.41) is 18.0. The summed E-state index contributed by atoms with van der Waals surface area (Å²) in [7, 11) is 0. The first-order chi connectivity index (χ1) is 6.60. The maximum atomic E-state index is 11.3. The lowest BCUT2D eigenvalue weighted by Gasteiger charge is -2.05. The van der Waals surface area contributed by atoms with Crippen molar-refractivity contribution >= 4 is 27.4 Å². The molecule has 1 aromatic rings. The number of Topliss-reactive ketones (excluding diaryl/α,β-unsaturated/α-hetero) is 1. The van der Waals surface area contributed by atoms with Crippen molar-refractivity contribution in [1.29, 1.82) is 5.26 Å². The van der Waals surface area contributed by atoms with Crippen molar-refractivity contribution in [2.75, 3.05) is 11.1 Å². The van der Waals surface area contributed by atoms with Gasteiger partial charge in [-0.25, -0.2) is 0 Å². The highest BCUT2D eigenvalue weighted by atomic mass is 79.9. The van der Waals surface area contributed by atoms with Crippen LogP contribution in [-0.2, 0) is 0 Å². The van der Waals surface area contributed by atoms with Crippen LogP contribution in [0.2, 0.25) is 0 Å². The molecule has 14 heavy (non-hydrogen) atoms. The molecule has 0 unspecified atom stereocenters. The fourth-order valence-electron chi connectivity index (χ4n) is 1.01. The minimum absolute atomic E-state index is 0.00782. The van der Waals surface area contributed by atoms with Gasteiger partial charge in [-0.3, -0.25) is 4.79 Å². The lowest BCUT2D eigenvalue weighted by molar-refractivity contribution is 0.102. The Morgan fingerprint density at radius 3 is 2.79 bits per heavy atom. The molecule has 0 atom stereocenters. The van der Waals surface area contributed by atoms with Crippen LogP contribution < -0.4 is 5.73 Å². The molecule has 0 spiro atoms. The van der Waals surface area contributed by atoms with Crippen molar-refractivity contribution < 1.29 is 9.90 Å². The van der Waals surface area contributed by atoms with Crippen LogP contribution in [-0.4, -0.2) is 16.2 Å². The number of halogens is 1. The fraction of sp³-hybridized carbons (Fsp3) is 0.111. The third-order valence-electron chi connectivity index (χ3n) is 1.71. The van der Waals surface area contributed by atoms with Crippen LogP contribution in [0, 0.1) is 11.3 Å². The Balaban J connectivity index is 3.36. The molecule has 0 aromatic heterocycles. The largest absolute Gasteiger partial charge is 0.506 e.